The van der Waals surface area contributed by atoms with Crippen molar-refractivity contribution in [2.45, 2.75) is 25.9 Å². The van der Waals surface area contributed by atoms with Crippen LogP contribution in [-0.2, 0) is 0 Å². The number of rotatable bonds is 9. The first-order valence-electron chi connectivity index (χ1n) is 9.20. The van der Waals surface area contributed by atoms with Gasteiger partial charge < -0.3 is 19.7 Å². The number of aromatic nitrogens is 3. The Morgan fingerprint density at radius 2 is 1.96 bits per heavy atom. The minimum absolute atomic E-state index is 0.365. The molecule has 6 nitrogen and oxygen atoms in total. The van der Waals surface area contributed by atoms with Gasteiger partial charge in [0.25, 0.3) is 0 Å². The van der Waals surface area contributed by atoms with E-state index in [0.29, 0.717) is 25.6 Å². The number of hydrogen-bond donors (Lipinski definition) is 2. The Hall–Kier alpha value is -2.70. The maximum atomic E-state index is 10.1. The van der Waals surface area contributed by atoms with Gasteiger partial charge in [0.05, 0.1) is 6.10 Å². The zero-order valence-electron chi connectivity index (χ0n) is 15.7. The van der Waals surface area contributed by atoms with Crippen molar-refractivity contribution in [3.05, 3.63) is 72.6 Å². The van der Waals surface area contributed by atoms with Crippen LogP contribution in [0.15, 0.2) is 61.2 Å². The van der Waals surface area contributed by atoms with Gasteiger partial charge in [-0.25, -0.2) is 4.98 Å². The number of hydrogen-bond acceptors (Lipinski definition) is 5. The molecule has 0 unspecified atom stereocenters. The second-order valence-corrected chi connectivity index (χ2v) is 6.66. The van der Waals surface area contributed by atoms with E-state index in [1.165, 1.54) is 0 Å². The topological polar surface area (TPSA) is 72.2 Å². The normalized spacial score (nSPS) is 12.3. The van der Waals surface area contributed by atoms with E-state index in [-0.39, 0.29) is 0 Å². The van der Waals surface area contributed by atoms with E-state index in [2.05, 4.69) is 33.7 Å². The van der Waals surface area contributed by atoms with Gasteiger partial charge >= 0.3 is 0 Å². The molecule has 0 bridgehead atoms. The maximum Gasteiger partial charge on any atom is 0.119 e. The summed E-state index contributed by atoms with van der Waals surface area (Å²) >= 11 is 0. The van der Waals surface area contributed by atoms with Crippen LogP contribution >= 0.6 is 0 Å². The van der Waals surface area contributed by atoms with Crippen LogP contribution in [0, 0.1) is 0 Å². The van der Waals surface area contributed by atoms with Crippen molar-refractivity contribution >= 4 is 0 Å². The molecule has 6 heteroatoms. The second kappa shape index (κ2) is 9.30. The summed E-state index contributed by atoms with van der Waals surface area (Å²) in [5.41, 5.74) is 1.88. The summed E-state index contributed by atoms with van der Waals surface area (Å²) in [5, 5.41) is 13.3. The molecule has 0 aliphatic carbocycles. The quantitative estimate of drug-likeness (QED) is 0.570. The van der Waals surface area contributed by atoms with E-state index in [1.807, 2.05) is 48.8 Å². The fourth-order valence-electron chi connectivity index (χ4n) is 2.83. The number of pyridine rings is 1. The Kier molecular flexibility index (Phi) is 6.57. The number of nitrogens with one attached hydrogen (secondary N) is 1. The summed E-state index contributed by atoms with van der Waals surface area (Å²) in [6.07, 6.45) is 6.60. The van der Waals surface area contributed by atoms with Crippen LogP contribution < -0.4 is 10.1 Å². The van der Waals surface area contributed by atoms with Gasteiger partial charge in [0.1, 0.15) is 18.2 Å². The van der Waals surface area contributed by atoms with E-state index in [9.17, 15) is 5.11 Å². The second-order valence-electron chi connectivity index (χ2n) is 6.66. The van der Waals surface area contributed by atoms with Gasteiger partial charge in [-0.05, 0) is 30.3 Å². The molecule has 1 aromatic carbocycles. The first kappa shape index (κ1) is 19.1. The highest BCUT2D eigenvalue weighted by molar-refractivity contribution is 5.38. The van der Waals surface area contributed by atoms with Crippen LogP contribution in [0.25, 0.3) is 5.69 Å². The molecule has 0 spiro atoms. The summed E-state index contributed by atoms with van der Waals surface area (Å²) in [4.78, 5) is 8.43. The number of imidazole rings is 1. The molecule has 27 heavy (non-hydrogen) atoms. The lowest BCUT2D eigenvalue weighted by atomic mass is 10.1. The van der Waals surface area contributed by atoms with E-state index in [4.69, 9.17) is 4.74 Å². The number of nitrogens with zero attached hydrogens (tertiary/aromatic N) is 3. The van der Waals surface area contributed by atoms with Gasteiger partial charge in [0.2, 0.25) is 0 Å². The van der Waals surface area contributed by atoms with Crippen LogP contribution in [0.4, 0.5) is 0 Å². The summed E-state index contributed by atoms with van der Waals surface area (Å²) < 4.78 is 7.86. The average molecular weight is 366 g/mol. The molecule has 0 amide bonds. The zero-order valence-corrected chi connectivity index (χ0v) is 15.7. The SMILES string of the molecule is CC(C)c1nccn1-c1ccc(OCCNC[C@H](O)c2cccnc2)cc1. The molecular formula is C21H26N4O2. The van der Waals surface area contributed by atoms with E-state index >= 15 is 0 Å². The lowest BCUT2D eigenvalue weighted by Crippen LogP contribution is -2.26. The smallest absolute Gasteiger partial charge is 0.119 e. The molecule has 0 saturated carbocycles. The molecular weight excluding hydrogens is 340 g/mol. The third-order valence-electron chi connectivity index (χ3n) is 4.26. The molecule has 0 aliphatic heterocycles. The van der Waals surface area contributed by atoms with Gasteiger partial charge in [-0.3, -0.25) is 4.98 Å². The largest absolute Gasteiger partial charge is 0.492 e. The van der Waals surface area contributed by atoms with Crippen molar-refractivity contribution < 1.29 is 9.84 Å². The fraction of sp³-hybridized carbons (Fsp3) is 0.333. The van der Waals surface area contributed by atoms with Crippen molar-refractivity contribution in [1.82, 2.24) is 19.9 Å². The van der Waals surface area contributed by atoms with Gasteiger partial charge in [-0.2, -0.15) is 0 Å². The van der Waals surface area contributed by atoms with Crippen LogP contribution in [0.5, 0.6) is 5.75 Å². The Morgan fingerprint density at radius 1 is 1.15 bits per heavy atom. The van der Waals surface area contributed by atoms with E-state index in [0.717, 1.165) is 22.8 Å². The Labute approximate surface area is 159 Å². The van der Waals surface area contributed by atoms with Crippen molar-refractivity contribution in [2.24, 2.45) is 0 Å². The van der Waals surface area contributed by atoms with Crippen LogP contribution in [0.1, 0.15) is 37.3 Å². The molecule has 1 atom stereocenters. The van der Waals surface area contributed by atoms with Crippen molar-refractivity contribution in [1.29, 1.82) is 0 Å². The van der Waals surface area contributed by atoms with Crippen molar-refractivity contribution in [3.8, 4) is 11.4 Å². The van der Waals surface area contributed by atoms with Crippen molar-refractivity contribution in [3.63, 3.8) is 0 Å². The fourth-order valence-corrected chi connectivity index (χ4v) is 2.83. The lowest BCUT2D eigenvalue weighted by molar-refractivity contribution is 0.171. The molecule has 3 aromatic rings. The third kappa shape index (κ3) is 5.15. The monoisotopic (exact) mass is 366 g/mol. The van der Waals surface area contributed by atoms with Gasteiger partial charge in [-0.15, -0.1) is 0 Å². The molecule has 2 heterocycles. The highest BCUT2D eigenvalue weighted by Crippen LogP contribution is 2.20. The Morgan fingerprint density at radius 3 is 2.67 bits per heavy atom. The van der Waals surface area contributed by atoms with Gasteiger partial charge in [0, 0.05) is 55.0 Å². The molecule has 0 fully saturated rings. The van der Waals surface area contributed by atoms with E-state index in [1.54, 1.807) is 12.4 Å². The number of aliphatic hydroxyl groups is 1. The number of ether oxygens (including phenoxy) is 1. The summed E-state index contributed by atoms with van der Waals surface area (Å²) in [6, 6.07) is 11.7. The maximum absolute atomic E-state index is 10.1. The molecule has 0 saturated heterocycles. The Balaban J connectivity index is 1.43. The predicted octanol–water partition coefficient (Wildman–Crippen LogP) is 3.09. The van der Waals surface area contributed by atoms with Crippen molar-refractivity contribution in [2.75, 3.05) is 19.7 Å². The molecule has 142 valence electrons. The van der Waals surface area contributed by atoms with Crippen LogP contribution in [0.2, 0.25) is 0 Å². The minimum atomic E-state index is -0.566. The summed E-state index contributed by atoms with van der Waals surface area (Å²) in [6.45, 7) is 5.91. The van der Waals surface area contributed by atoms with Gasteiger partial charge in [-0.1, -0.05) is 19.9 Å². The third-order valence-corrected chi connectivity index (χ3v) is 4.26. The predicted molar refractivity (Wildman–Crippen MR) is 105 cm³/mol. The lowest BCUT2D eigenvalue weighted by Gasteiger charge is -2.13. The highest BCUT2D eigenvalue weighted by Gasteiger charge is 2.09. The minimum Gasteiger partial charge on any atom is -0.492 e. The highest BCUT2D eigenvalue weighted by atomic mass is 16.5. The first-order valence-corrected chi connectivity index (χ1v) is 9.20. The molecule has 0 aliphatic rings. The molecule has 2 N–H and O–H groups in total. The number of benzene rings is 1. The van der Waals surface area contributed by atoms with Crippen LogP contribution in [-0.4, -0.2) is 39.3 Å². The summed E-state index contributed by atoms with van der Waals surface area (Å²) in [7, 11) is 0. The standard InChI is InChI=1S/C21H26N4O2/c1-16(2)21-24-10-12-25(21)18-5-7-19(8-6-18)27-13-11-23-15-20(26)17-4-3-9-22-14-17/h3-10,12,14,16,20,23,26H,11,13,15H2,1-2H3/t20-/m0/s1. The zero-order chi connectivity index (χ0) is 19.1. The average Bonchev–Trinajstić information content (AvgIpc) is 3.19. The summed E-state index contributed by atoms with van der Waals surface area (Å²) in [5.74, 6) is 2.23. The number of aliphatic hydroxyl groups excluding tert-OH is 1. The Bertz CT molecular complexity index is 816. The molecule has 0 radical (unpaired) electrons. The first-order chi connectivity index (χ1) is 13.1. The molecule has 2 aromatic heterocycles. The van der Waals surface area contributed by atoms with Gasteiger partial charge in [0.15, 0.2) is 0 Å². The van der Waals surface area contributed by atoms with Crippen LogP contribution in [0.3, 0.4) is 0 Å². The van der Waals surface area contributed by atoms with E-state index < -0.39 is 6.10 Å². The molecule has 3 rings (SSSR count).